The fourth-order valence-electron chi connectivity index (χ4n) is 3.58. The summed E-state index contributed by atoms with van der Waals surface area (Å²) >= 11 is 6.31. The van der Waals surface area contributed by atoms with E-state index in [9.17, 15) is 14.4 Å². The smallest absolute Gasteiger partial charge is 0.255 e. The van der Waals surface area contributed by atoms with E-state index in [2.05, 4.69) is 5.32 Å². The predicted octanol–water partition coefficient (Wildman–Crippen LogP) is 4.05. The standard InChI is InChI=1S/C21H17ClN2O3/c22-17-12-14(24-20(26)15-8-4-5-9-16(15)21(24)27)10-11-18(17)23-19(25)13-6-2-1-3-7-13/h1-7,10-12,15-16H,8-9H2,(H,23,25). The second kappa shape index (κ2) is 7.00. The fraction of sp³-hybridized carbons (Fsp3) is 0.190. The first kappa shape index (κ1) is 17.5. The molecule has 1 aliphatic carbocycles. The zero-order chi connectivity index (χ0) is 19.0. The van der Waals surface area contributed by atoms with Gasteiger partial charge in [-0.25, -0.2) is 4.90 Å². The average Bonchev–Trinajstić information content (AvgIpc) is 2.95. The third kappa shape index (κ3) is 3.15. The summed E-state index contributed by atoms with van der Waals surface area (Å²) in [5, 5.41) is 3.02. The maximum absolute atomic E-state index is 12.7. The molecule has 0 radical (unpaired) electrons. The normalized spacial score (nSPS) is 21.3. The van der Waals surface area contributed by atoms with Crippen molar-refractivity contribution >= 4 is 40.7 Å². The van der Waals surface area contributed by atoms with Gasteiger partial charge < -0.3 is 5.32 Å². The van der Waals surface area contributed by atoms with Gasteiger partial charge in [0.1, 0.15) is 0 Å². The SMILES string of the molecule is O=C(Nc1ccc(N2C(=O)C3CC=CCC3C2=O)cc1Cl)c1ccccc1. The summed E-state index contributed by atoms with van der Waals surface area (Å²) in [5.41, 5.74) is 1.37. The van der Waals surface area contributed by atoms with E-state index >= 15 is 0 Å². The molecular formula is C21H17ClN2O3. The Balaban J connectivity index is 1.56. The number of nitrogens with zero attached hydrogens (tertiary/aromatic N) is 1. The minimum atomic E-state index is -0.293. The lowest BCUT2D eigenvalue weighted by atomic mass is 9.85. The van der Waals surface area contributed by atoms with Crippen LogP contribution in [-0.2, 0) is 9.59 Å². The van der Waals surface area contributed by atoms with E-state index in [4.69, 9.17) is 11.6 Å². The number of carbonyl (C=O) groups is 3. The van der Waals surface area contributed by atoms with Crippen molar-refractivity contribution in [2.75, 3.05) is 10.2 Å². The van der Waals surface area contributed by atoms with Crippen LogP contribution in [0.15, 0.2) is 60.7 Å². The van der Waals surface area contributed by atoms with Gasteiger partial charge in [0, 0.05) is 5.56 Å². The van der Waals surface area contributed by atoms with Gasteiger partial charge in [-0.1, -0.05) is 42.0 Å². The number of carbonyl (C=O) groups excluding carboxylic acids is 3. The van der Waals surface area contributed by atoms with E-state index in [0.717, 1.165) is 0 Å². The summed E-state index contributed by atoms with van der Waals surface area (Å²) in [5.74, 6) is -1.24. The molecule has 2 aliphatic rings. The molecule has 1 heterocycles. The second-order valence-corrected chi connectivity index (χ2v) is 7.06. The quantitative estimate of drug-likeness (QED) is 0.645. The molecule has 5 nitrogen and oxygen atoms in total. The number of hydrogen-bond donors (Lipinski definition) is 1. The summed E-state index contributed by atoms with van der Waals surface area (Å²) < 4.78 is 0. The van der Waals surface area contributed by atoms with Gasteiger partial charge in [-0.05, 0) is 43.2 Å². The Labute approximate surface area is 161 Å². The van der Waals surface area contributed by atoms with E-state index < -0.39 is 0 Å². The molecule has 0 aromatic heterocycles. The fourth-order valence-corrected chi connectivity index (χ4v) is 3.81. The number of allylic oxidation sites excluding steroid dienone is 2. The summed E-state index contributed by atoms with van der Waals surface area (Å²) in [4.78, 5) is 38.8. The Kier molecular flexibility index (Phi) is 4.54. The highest BCUT2D eigenvalue weighted by Crippen LogP contribution is 2.39. The van der Waals surface area contributed by atoms with Gasteiger partial charge in [-0.15, -0.1) is 0 Å². The van der Waals surface area contributed by atoms with E-state index in [1.54, 1.807) is 42.5 Å². The molecule has 3 amide bonds. The molecular weight excluding hydrogens is 364 g/mol. The van der Waals surface area contributed by atoms with Gasteiger partial charge in [-0.2, -0.15) is 0 Å². The molecule has 6 heteroatoms. The number of benzene rings is 2. The van der Waals surface area contributed by atoms with Crippen LogP contribution >= 0.6 is 11.6 Å². The van der Waals surface area contributed by atoms with Crippen LogP contribution in [0, 0.1) is 11.8 Å². The van der Waals surface area contributed by atoms with E-state index in [0.29, 0.717) is 29.8 Å². The first-order chi connectivity index (χ1) is 13.1. The average molecular weight is 381 g/mol. The zero-order valence-electron chi connectivity index (χ0n) is 14.4. The lowest BCUT2D eigenvalue weighted by molar-refractivity contribution is -0.122. The third-order valence-corrected chi connectivity index (χ3v) is 5.32. The molecule has 2 aromatic rings. The monoisotopic (exact) mass is 380 g/mol. The number of halogens is 1. The Bertz CT molecular complexity index is 929. The Morgan fingerprint density at radius 2 is 1.59 bits per heavy atom. The van der Waals surface area contributed by atoms with E-state index in [1.807, 2.05) is 18.2 Å². The van der Waals surface area contributed by atoms with Gasteiger partial charge in [0.15, 0.2) is 0 Å². The number of rotatable bonds is 3. The molecule has 1 aliphatic heterocycles. The van der Waals surface area contributed by atoms with Gasteiger partial charge >= 0.3 is 0 Å². The highest BCUT2D eigenvalue weighted by atomic mass is 35.5. The third-order valence-electron chi connectivity index (χ3n) is 5.00. The number of imide groups is 1. The van der Waals surface area contributed by atoms with Crippen LogP contribution in [0.2, 0.25) is 5.02 Å². The number of hydrogen-bond acceptors (Lipinski definition) is 3. The second-order valence-electron chi connectivity index (χ2n) is 6.65. The molecule has 1 fully saturated rings. The van der Waals surface area contributed by atoms with Gasteiger partial charge in [0.05, 0.1) is 28.2 Å². The van der Waals surface area contributed by atoms with Crippen molar-refractivity contribution in [3.8, 4) is 0 Å². The Hall–Kier alpha value is -2.92. The molecule has 1 saturated heterocycles. The van der Waals surface area contributed by atoms with E-state index in [-0.39, 0.29) is 34.6 Å². The molecule has 4 rings (SSSR count). The Morgan fingerprint density at radius 3 is 2.19 bits per heavy atom. The molecule has 27 heavy (non-hydrogen) atoms. The summed E-state index contributed by atoms with van der Waals surface area (Å²) in [6, 6.07) is 13.6. The minimum Gasteiger partial charge on any atom is -0.321 e. The van der Waals surface area contributed by atoms with Crippen LogP contribution in [0.3, 0.4) is 0 Å². The lowest BCUT2D eigenvalue weighted by Crippen LogP contribution is -2.30. The largest absolute Gasteiger partial charge is 0.321 e. The Morgan fingerprint density at radius 1 is 0.963 bits per heavy atom. The topological polar surface area (TPSA) is 66.5 Å². The number of nitrogens with one attached hydrogen (secondary N) is 1. The molecule has 0 bridgehead atoms. The first-order valence-electron chi connectivity index (χ1n) is 8.75. The molecule has 0 saturated carbocycles. The van der Waals surface area contributed by atoms with Crippen molar-refractivity contribution in [1.29, 1.82) is 0 Å². The van der Waals surface area contributed by atoms with Crippen molar-refractivity contribution < 1.29 is 14.4 Å². The van der Waals surface area contributed by atoms with Crippen molar-refractivity contribution in [3.05, 3.63) is 71.3 Å². The predicted molar refractivity (Wildman–Crippen MR) is 104 cm³/mol. The van der Waals surface area contributed by atoms with Crippen LogP contribution in [0.1, 0.15) is 23.2 Å². The first-order valence-corrected chi connectivity index (χ1v) is 9.13. The van der Waals surface area contributed by atoms with Gasteiger partial charge in [-0.3, -0.25) is 14.4 Å². The lowest BCUT2D eigenvalue weighted by Gasteiger charge is -2.16. The molecule has 2 unspecified atom stereocenters. The highest BCUT2D eigenvalue weighted by Gasteiger charge is 2.47. The van der Waals surface area contributed by atoms with Gasteiger partial charge in [0.2, 0.25) is 11.8 Å². The van der Waals surface area contributed by atoms with Crippen LogP contribution in [0.5, 0.6) is 0 Å². The maximum Gasteiger partial charge on any atom is 0.255 e. The summed E-state index contributed by atoms with van der Waals surface area (Å²) in [7, 11) is 0. The van der Waals surface area contributed by atoms with Crippen molar-refractivity contribution in [2.45, 2.75) is 12.8 Å². The number of anilines is 2. The molecule has 0 spiro atoms. The van der Waals surface area contributed by atoms with E-state index in [1.165, 1.54) is 4.90 Å². The van der Waals surface area contributed by atoms with Crippen molar-refractivity contribution in [2.24, 2.45) is 11.8 Å². The van der Waals surface area contributed by atoms with Crippen LogP contribution in [0.25, 0.3) is 0 Å². The van der Waals surface area contributed by atoms with Crippen molar-refractivity contribution in [3.63, 3.8) is 0 Å². The van der Waals surface area contributed by atoms with Gasteiger partial charge in [0.25, 0.3) is 5.91 Å². The molecule has 2 aromatic carbocycles. The highest BCUT2D eigenvalue weighted by molar-refractivity contribution is 6.34. The summed E-state index contributed by atoms with van der Waals surface area (Å²) in [6.07, 6.45) is 5.07. The maximum atomic E-state index is 12.7. The van der Waals surface area contributed by atoms with Crippen LogP contribution < -0.4 is 10.2 Å². The molecule has 1 N–H and O–H groups in total. The summed E-state index contributed by atoms with van der Waals surface area (Å²) in [6.45, 7) is 0. The zero-order valence-corrected chi connectivity index (χ0v) is 15.1. The molecule has 136 valence electrons. The number of amides is 3. The molecule has 2 atom stereocenters. The van der Waals surface area contributed by atoms with Crippen LogP contribution in [0.4, 0.5) is 11.4 Å². The number of fused-ring (bicyclic) bond motifs is 1. The van der Waals surface area contributed by atoms with Crippen molar-refractivity contribution in [1.82, 2.24) is 0 Å². The minimum absolute atomic E-state index is 0.188. The van der Waals surface area contributed by atoms with Crippen LogP contribution in [-0.4, -0.2) is 17.7 Å².